The maximum absolute atomic E-state index is 13.0. The maximum atomic E-state index is 13.0. The fourth-order valence-electron chi connectivity index (χ4n) is 4.11. The highest BCUT2D eigenvalue weighted by molar-refractivity contribution is 7.98. The third-order valence-electron chi connectivity index (χ3n) is 5.59. The molecule has 0 fully saturated rings. The van der Waals surface area contributed by atoms with E-state index in [-0.39, 0.29) is 16.8 Å². The average Bonchev–Trinajstić information content (AvgIpc) is 3.20. The summed E-state index contributed by atoms with van der Waals surface area (Å²) in [6, 6.07) is 17.8. The minimum absolute atomic E-state index is 0.0343. The predicted molar refractivity (Wildman–Crippen MR) is 136 cm³/mol. The van der Waals surface area contributed by atoms with Crippen molar-refractivity contribution in [3.05, 3.63) is 71.4 Å². The summed E-state index contributed by atoms with van der Waals surface area (Å²) < 4.78 is 1.86. The molecule has 36 heavy (non-hydrogen) atoms. The monoisotopic (exact) mass is 504 g/mol. The molecule has 2 aromatic heterocycles. The summed E-state index contributed by atoms with van der Waals surface area (Å²) in [6.45, 7) is 3.38. The molecule has 0 unspecified atom stereocenters. The summed E-state index contributed by atoms with van der Waals surface area (Å²) in [4.78, 5) is 55.4. The second kappa shape index (κ2) is 10.6. The standard InChI is InChI=1S/C26H24N4O5S/c1-4-19-20(22(32)23(27)33)21-24(28-26(36-3)29-25(21)35-34-15(2)31)30(19)14-17-12-8-9-13-18(17)16-10-6-5-7-11-16/h5-13H,4,14H2,1-3H3,(H2,27,33). The molecule has 9 nitrogen and oxygen atoms in total. The molecule has 0 bridgehead atoms. The fourth-order valence-corrected chi connectivity index (χ4v) is 4.47. The molecule has 4 rings (SSSR count). The zero-order chi connectivity index (χ0) is 25.8. The van der Waals surface area contributed by atoms with Crippen LogP contribution in [0.15, 0.2) is 59.8 Å². The number of primary amides is 1. The summed E-state index contributed by atoms with van der Waals surface area (Å²) in [5.74, 6) is -2.88. The van der Waals surface area contributed by atoms with E-state index in [1.807, 2.05) is 66.1 Å². The summed E-state index contributed by atoms with van der Waals surface area (Å²) >= 11 is 1.25. The molecule has 1 amide bonds. The number of carbonyl (C=O) groups excluding carboxylic acids is 3. The number of nitrogens with two attached hydrogens (primary N) is 1. The first kappa shape index (κ1) is 24.9. The van der Waals surface area contributed by atoms with Crippen molar-refractivity contribution in [2.75, 3.05) is 6.26 Å². The van der Waals surface area contributed by atoms with Crippen molar-refractivity contribution in [2.45, 2.75) is 32.0 Å². The van der Waals surface area contributed by atoms with E-state index in [1.165, 1.54) is 18.7 Å². The lowest BCUT2D eigenvalue weighted by atomic mass is 9.99. The molecular formula is C26H24N4O5S. The van der Waals surface area contributed by atoms with Crippen LogP contribution in [0.2, 0.25) is 0 Å². The molecule has 10 heteroatoms. The van der Waals surface area contributed by atoms with E-state index in [0.717, 1.165) is 16.7 Å². The molecule has 4 aromatic rings. The van der Waals surface area contributed by atoms with Crippen molar-refractivity contribution >= 4 is 40.5 Å². The van der Waals surface area contributed by atoms with Crippen LogP contribution < -0.4 is 10.6 Å². The van der Waals surface area contributed by atoms with E-state index in [4.69, 9.17) is 15.5 Å². The van der Waals surface area contributed by atoms with E-state index in [1.54, 1.807) is 6.26 Å². The third-order valence-corrected chi connectivity index (χ3v) is 6.14. The van der Waals surface area contributed by atoms with Crippen LogP contribution in [0.25, 0.3) is 22.2 Å². The Morgan fingerprint density at radius 2 is 1.72 bits per heavy atom. The van der Waals surface area contributed by atoms with Gasteiger partial charge in [0.1, 0.15) is 5.65 Å². The van der Waals surface area contributed by atoms with Crippen LogP contribution in [0, 0.1) is 0 Å². The van der Waals surface area contributed by atoms with Gasteiger partial charge in [0.25, 0.3) is 17.6 Å². The van der Waals surface area contributed by atoms with Crippen molar-refractivity contribution in [3.8, 4) is 17.0 Å². The van der Waals surface area contributed by atoms with E-state index in [2.05, 4.69) is 9.97 Å². The highest BCUT2D eigenvalue weighted by Crippen LogP contribution is 2.35. The topological polar surface area (TPSA) is 126 Å². The quantitative estimate of drug-likeness (QED) is 0.0907. The number of hydrogen-bond acceptors (Lipinski definition) is 8. The molecule has 0 saturated carbocycles. The normalized spacial score (nSPS) is 10.9. The molecule has 0 aliphatic rings. The number of aromatic nitrogens is 3. The lowest BCUT2D eigenvalue weighted by Gasteiger charge is -2.14. The van der Waals surface area contributed by atoms with E-state index >= 15 is 0 Å². The average molecular weight is 505 g/mol. The van der Waals surface area contributed by atoms with Crippen LogP contribution in [0.1, 0.15) is 35.5 Å². The summed E-state index contributed by atoms with van der Waals surface area (Å²) in [7, 11) is 0. The van der Waals surface area contributed by atoms with Crippen LogP contribution in [0.3, 0.4) is 0 Å². The summed E-state index contributed by atoms with van der Waals surface area (Å²) in [6.07, 6.45) is 2.17. The van der Waals surface area contributed by atoms with Crippen LogP contribution >= 0.6 is 11.8 Å². The number of ketones is 1. The molecule has 184 valence electrons. The van der Waals surface area contributed by atoms with Gasteiger partial charge in [0, 0.05) is 19.2 Å². The van der Waals surface area contributed by atoms with E-state index in [0.29, 0.717) is 29.5 Å². The molecule has 0 aliphatic carbocycles. The largest absolute Gasteiger partial charge is 0.363 e. The van der Waals surface area contributed by atoms with E-state index < -0.39 is 17.7 Å². The maximum Gasteiger partial charge on any atom is 0.352 e. The Kier molecular flexibility index (Phi) is 7.35. The van der Waals surface area contributed by atoms with Gasteiger partial charge < -0.3 is 10.3 Å². The third kappa shape index (κ3) is 4.80. The van der Waals surface area contributed by atoms with E-state index in [9.17, 15) is 14.4 Å². The van der Waals surface area contributed by atoms with Gasteiger partial charge in [0.15, 0.2) is 5.16 Å². The van der Waals surface area contributed by atoms with Crippen LogP contribution in [-0.4, -0.2) is 38.5 Å². The SMILES string of the molecule is CCc1c(C(=O)C(N)=O)c2c(OOC(C)=O)nc(SC)nc2n1Cc1ccccc1-c1ccccc1. The minimum Gasteiger partial charge on any atom is -0.363 e. The summed E-state index contributed by atoms with van der Waals surface area (Å²) in [5, 5.41) is 0.493. The Hall–Kier alpha value is -4.18. The van der Waals surface area contributed by atoms with Gasteiger partial charge in [-0.25, -0.2) is 14.7 Å². The van der Waals surface area contributed by atoms with Crippen molar-refractivity contribution in [3.63, 3.8) is 0 Å². The number of carbonyl (C=O) groups is 3. The number of rotatable bonds is 9. The molecule has 0 spiro atoms. The first-order chi connectivity index (χ1) is 17.3. The van der Waals surface area contributed by atoms with Crippen LogP contribution in [0.4, 0.5) is 0 Å². The first-order valence-corrected chi connectivity index (χ1v) is 12.4. The van der Waals surface area contributed by atoms with Gasteiger partial charge in [-0.05, 0) is 29.4 Å². The number of benzene rings is 2. The smallest absolute Gasteiger partial charge is 0.352 e. The van der Waals surface area contributed by atoms with Gasteiger partial charge in [-0.2, -0.15) is 4.98 Å². The molecule has 0 saturated heterocycles. The number of nitrogens with zero attached hydrogens (tertiary/aromatic N) is 3. The molecular weight excluding hydrogens is 480 g/mol. The van der Waals surface area contributed by atoms with Crippen molar-refractivity contribution in [1.29, 1.82) is 0 Å². The van der Waals surface area contributed by atoms with Gasteiger partial charge in [0.05, 0.1) is 10.9 Å². The highest BCUT2D eigenvalue weighted by atomic mass is 32.2. The number of amides is 1. The van der Waals surface area contributed by atoms with Crippen LogP contribution in [0.5, 0.6) is 5.88 Å². The summed E-state index contributed by atoms with van der Waals surface area (Å²) in [5.41, 5.74) is 9.36. The van der Waals surface area contributed by atoms with Gasteiger partial charge in [-0.15, -0.1) is 0 Å². The molecule has 0 aliphatic heterocycles. The first-order valence-electron chi connectivity index (χ1n) is 11.1. The Balaban J connectivity index is 2.00. The Morgan fingerprint density at radius 1 is 1.03 bits per heavy atom. The van der Waals surface area contributed by atoms with Crippen molar-refractivity contribution in [1.82, 2.24) is 14.5 Å². The van der Waals surface area contributed by atoms with Gasteiger partial charge >= 0.3 is 5.97 Å². The van der Waals surface area contributed by atoms with Crippen molar-refractivity contribution < 1.29 is 24.2 Å². The molecule has 2 heterocycles. The minimum atomic E-state index is -1.12. The number of hydrogen-bond donors (Lipinski definition) is 1. The number of fused-ring (bicyclic) bond motifs is 1. The lowest BCUT2D eigenvalue weighted by Crippen LogP contribution is -2.24. The van der Waals surface area contributed by atoms with Crippen molar-refractivity contribution in [2.24, 2.45) is 5.73 Å². The fraction of sp³-hybridized carbons (Fsp3) is 0.192. The zero-order valence-corrected chi connectivity index (χ0v) is 20.8. The predicted octanol–water partition coefficient (Wildman–Crippen LogP) is 3.96. The van der Waals surface area contributed by atoms with Gasteiger partial charge in [0.2, 0.25) is 0 Å². The molecule has 2 aromatic carbocycles. The molecule has 0 atom stereocenters. The molecule has 2 N–H and O–H groups in total. The zero-order valence-electron chi connectivity index (χ0n) is 20.0. The Labute approximate surface area is 211 Å². The molecule has 0 radical (unpaired) electrons. The van der Waals surface area contributed by atoms with Gasteiger partial charge in [-0.1, -0.05) is 73.3 Å². The second-order valence-corrected chi connectivity index (χ2v) is 8.62. The van der Waals surface area contributed by atoms with Gasteiger partial charge in [-0.3, -0.25) is 14.5 Å². The Morgan fingerprint density at radius 3 is 2.36 bits per heavy atom. The number of Topliss-reactive ketones (excluding diaryl/α,β-unsaturated/α-hetero) is 1. The lowest BCUT2D eigenvalue weighted by molar-refractivity contribution is -0.212. The highest BCUT2D eigenvalue weighted by Gasteiger charge is 2.30. The number of thioether (sulfide) groups is 1. The van der Waals surface area contributed by atoms with Crippen LogP contribution in [-0.2, 0) is 27.4 Å². The second-order valence-electron chi connectivity index (χ2n) is 7.85. The Bertz CT molecular complexity index is 1470.